The third-order valence-electron chi connectivity index (χ3n) is 3.80. The maximum absolute atomic E-state index is 4.85. The standard InChI is InChI=1S/C20H38O2/c1-3-4-5-6-7-8-9-10-11-12-13-14-15-16-17-18-19-20-22-21-2/h7-8,10-11H,3-6,9,12-20H2,1-2H3/b8-7-,11-10-. The first-order chi connectivity index (χ1) is 10.9. The van der Waals surface area contributed by atoms with Crippen LogP contribution in [0.2, 0.25) is 0 Å². The van der Waals surface area contributed by atoms with Crippen molar-refractivity contribution in [3.63, 3.8) is 0 Å². The van der Waals surface area contributed by atoms with Crippen molar-refractivity contribution in [1.82, 2.24) is 0 Å². The summed E-state index contributed by atoms with van der Waals surface area (Å²) in [5.74, 6) is 0. The van der Waals surface area contributed by atoms with E-state index in [2.05, 4.69) is 36.1 Å². The average molecular weight is 311 g/mol. The van der Waals surface area contributed by atoms with Crippen molar-refractivity contribution in [2.45, 2.75) is 90.4 Å². The summed E-state index contributed by atoms with van der Waals surface area (Å²) in [5.41, 5.74) is 0. The molecule has 0 heterocycles. The van der Waals surface area contributed by atoms with Crippen LogP contribution in [-0.4, -0.2) is 13.7 Å². The molecule has 0 aliphatic carbocycles. The summed E-state index contributed by atoms with van der Waals surface area (Å²) < 4.78 is 0. The molecule has 2 nitrogen and oxygen atoms in total. The van der Waals surface area contributed by atoms with E-state index in [1.54, 1.807) is 7.11 Å². The fraction of sp³-hybridized carbons (Fsp3) is 0.800. The molecule has 0 aliphatic heterocycles. The van der Waals surface area contributed by atoms with Crippen molar-refractivity contribution in [3.05, 3.63) is 24.3 Å². The summed E-state index contributed by atoms with van der Waals surface area (Å²) in [6.07, 6.45) is 26.0. The number of hydrogen-bond acceptors (Lipinski definition) is 2. The highest BCUT2D eigenvalue weighted by atomic mass is 17.2. The van der Waals surface area contributed by atoms with Crippen LogP contribution in [0.3, 0.4) is 0 Å². The van der Waals surface area contributed by atoms with Gasteiger partial charge in [-0.15, -0.1) is 0 Å². The molecule has 130 valence electrons. The van der Waals surface area contributed by atoms with E-state index < -0.39 is 0 Å². The van der Waals surface area contributed by atoms with Crippen LogP contribution in [0.25, 0.3) is 0 Å². The van der Waals surface area contributed by atoms with Gasteiger partial charge < -0.3 is 0 Å². The Kier molecular flexibility index (Phi) is 19.8. The van der Waals surface area contributed by atoms with E-state index in [1.807, 2.05) is 0 Å². The van der Waals surface area contributed by atoms with Gasteiger partial charge in [-0.2, -0.15) is 0 Å². The normalized spacial score (nSPS) is 11.9. The molecule has 0 saturated carbocycles. The maximum atomic E-state index is 4.85. The molecule has 0 rings (SSSR count). The minimum atomic E-state index is 0.731. The number of allylic oxidation sites excluding steroid dienone is 4. The summed E-state index contributed by atoms with van der Waals surface area (Å²) in [5, 5.41) is 0. The SMILES string of the molecule is CCCCC/C=C\C/C=C\CCCCCCCCCOOC. The van der Waals surface area contributed by atoms with Crippen molar-refractivity contribution >= 4 is 0 Å². The van der Waals surface area contributed by atoms with Gasteiger partial charge in [0.1, 0.15) is 0 Å². The van der Waals surface area contributed by atoms with Crippen LogP contribution < -0.4 is 0 Å². The van der Waals surface area contributed by atoms with Crippen LogP contribution in [0.1, 0.15) is 90.4 Å². The van der Waals surface area contributed by atoms with Crippen LogP contribution in [0.5, 0.6) is 0 Å². The van der Waals surface area contributed by atoms with Crippen LogP contribution in [0.4, 0.5) is 0 Å². The lowest BCUT2D eigenvalue weighted by atomic mass is 10.1. The van der Waals surface area contributed by atoms with E-state index in [9.17, 15) is 0 Å². The van der Waals surface area contributed by atoms with Crippen molar-refractivity contribution in [3.8, 4) is 0 Å². The van der Waals surface area contributed by atoms with E-state index in [0.29, 0.717) is 0 Å². The molecule has 22 heavy (non-hydrogen) atoms. The summed E-state index contributed by atoms with van der Waals surface area (Å²) in [6, 6.07) is 0. The highest BCUT2D eigenvalue weighted by molar-refractivity contribution is 4.92. The summed E-state index contributed by atoms with van der Waals surface area (Å²) in [4.78, 5) is 9.41. The Morgan fingerprint density at radius 1 is 0.636 bits per heavy atom. The minimum absolute atomic E-state index is 0.731. The van der Waals surface area contributed by atoms with Crippen LogP contribution in [0.15, 0.2) is 24.3 Å². The number of unbranched alkanes of at least 4 members (excludes halogenated alkanes) is 10. The van der Waals surface area contributed by atoms with Gasteiger partial charge in [0.25, 0.3) is 0 Å². The van der Waals surface area contributed by atoms with Crippen molar-refractivity contribution in [2.24, 2.45) is 0 Å². The molecule has 0 unspecified atom stereocenters. The van der Waals surface area contributed by atoms with Gasteiger partial charge in [-0.05, 0) is 38.5 Å². The molecular weight excluding hydrogens is 272 g/mol. The van der Waals surface area contributed by atoms with Gasteiger partial charge in [0.05, 0.1) is 13.7 Å². The maximum Gasteiger partial charge on any atom is 0.0822 e. The van der Waals surface area contributed by atoms with Crippen LogP contribution >= 0.6 is 0 Å². The Balaban J connectivity index is 3.11. The molecule has 0 N–H and O–H groups in total. The first-order valence-electron chi connectivity index (χ1n) is 9.37. The minimum Gasteiger partial charge on any atom is -0.240 e. The zero-order valence-corrected chi connectivity index (χ0v) is 15.0. The Hall–Kier alpha value is -0.600. The first kappa shape index (κ1) is 21.4. The number of hydrogen-bond donors (Lipinski definition) is 0. The topological polar surface area (TPSA) is 18.5 Å². The molecule has 0 fully saturated rings. The lowest BCUT2D eigenvalue weighted by Gasteiger charge is -2.01. The molecular formula is C20H38O2. The zero-order chi connectivity index (χ0) is 16.1. The van der Waals surface area contributed by atoms with Crippen LogP contribution in [0, 0.1) is 0 Å². The fourth-order valence-corrected chi connectivity index (χ4v) is 2.41. The van der Waals surface area contributed by atoms with Gasteiger partial charge in [-0.3, -0.25) is 0 Å². The third-order valence-corrected chi connectivity index (χ3v) is 3.80. The van der Waals surface area contributed by atoms with E-state index in [-0.39, 0.29) is 0 Å². The monoisotopic (exact) mass is 310 g/mol. The Morgan fingerprint density at radius 2 is 1.18 bits per heavy atom. The molecule has 2 heteroatoms. The zero-order valence-electron chi connectivity index (χ0n) is 15.0. The largest absolute Gasteiger partial charge is 0.240 e. The predicted octanol–water partition coefficient (Wildman–Crippen LogP) is 6.77. The van der Waals surface area contributed by atoms with Gasteiger partial charge in [0.2, 0.25) is 0 Å². The van der Waals surface area contributed by atoms with E-state index in [4.69, 9.17) is 4.89 Å². The van der Waals surface area contributed by atoms with Crippen molar-refractivity contribution < 1.29 is 9.78 Å². The van der Waals surface area contributed by atoms with Gasteiger partial charge in [0, 0.05) is 0 Å². The van der Waals surface area contributed by atoms with E-state index in [1.165, 1.54) is 70.6 Å². The Morgan fingerprint density at radius 3 is 1.77 bits per heavy atom. The van der Waals surface area contributed by atoms with E-state index >= 15 is 0 Å². The third kappa shape index (κ3) is 19.4. The highest BCUT2D eigenvalue weighted by Crippen LogP contribution is 2.09. The fourth-order valence-electron chi connectivity index (χ4n) is 2.41. The predicted molar refractivity (Wildman–Crippen MR) is 96.9 cm³/mol. The second-order valence-corrected chi connectivity index (χ2v) is 5.93. The summed E-state index contributed by atoms with van der Waals surface area (Å²) in [7, 11) is 1.57. The van der Waals surface area contributed by atoms with Crippen LogP contribution in [-0.2, 0) is 9.78 Å². The molecule has 0 aromatic carbocycles. The molecule has 0 aromatic rings. The first-order valence-corrected chi connectivity index (χ1v) is 9.37. The number of rotatable bonds is 17. The molecule has 0 aliphatic rings. The van der Waals surface area contributed by atoms with Crippen molar-refractivity contribution in [2.75, 3.05) is 13.7 Å². The highest BCUT2D eigenvalue weighted by Gasteiger charge is 1.92. The summed E-state index contributed by atoms with van der Waals surface area (Å²) >= 11 is 0. The summed E-state index contributed by atoms with van der Waals surface area (Å²) in [6.45, 7) is 2.98. The lowest BCUT2D eigenvalue weighted by Crippen LogP contribution is -1.92. The quantitative estimate of drug-likeness (QED) is 0.128. The van der Waals surface area contributed by atoms with Gasteiger partial charge in [0.15, 0.2) is 0 Å². The van der Waals surface area contributed by atoms with E-state index in [0.717, 1.165) is 19.4 Å². The Labute approximate surface area is 138 Å². The molecule has 0 atom stereocenters. The molecule has 0 saturated heterocycles. The van der Waals surface area contributed by atoms with Crippen molar-refractivity contribution in [1.29, 1.82) is 0 Å². The molecule has 0 spiro atoms. The smallest absolute Gasteiger partial charge is 0.0822 e. The van der Waals surface area contributed by atoms with Gasteiger partial charge in [-0.1, -0.05) is 76.2 Å². The lowest BCUT2D eigenvalue weighted by molar-refractivity contribution is -0.272. The second-order valence-electron chi connectivity index (χ2n) is 5.93. The Bertz CT molecular complexity index is 246. The van der Waals surface area contributed by atoms with Gasteiger partial charge in [-0.25, -0.2) is 9.78 Å². The molecule has 0 bridgehead atoms. The van der Waals surface area contributed by atoms with Gasteiger partial charge >= 0.3 is 0 Å². The molecule has 0 amide bonds. The average Bonchev–Trinajstić information content (AvgIpc) is 2.54. The molecule has 0 aromatic heterocycles. The second kappa shape index (κ2) is 20.4. The molecule has 0 radical (unpaired) electrons.